The van der Waals surface area contributed by atoms with Gasteiger partial charge in [-0.3, -0.25) is 4.79 Å². The zero-order valence-corrected chi connectivity index (χ0v) is 9.12. The fraction of sp³-hybridized carbons (Fsp3) is 0.909. The lowest BCUT2D eigenvalue weighted by atomic mass is 9.81. The smallest absolute Gasteiger partial charge is 0.164 e. The first-order chi connectivity index (χ1) is 6.77. The Kier molecular flexibility index (Phi) is 5.12. The van der Waals surface area contributed by atoms with Crippen LogP contribution < -0.4 is 0 Å². The van der Waals surface area contributed by atoms with Crippen molar-refractivity contribution in [3.8, 4) is 0 Å². The third-order valence-corrected chi connectivity index (χ3v) is 2.63. The second-order valence-corrected chi connectivity index (χ2v) is 3.64. The maximum absolute atomic E-state index is 11.6. The van der Waals surface area contributed by atoms with Crippen LogP contribution in [-0.2, 0) is 14.3 Å². The molecule has 3 heteroatoms. The molecule has 0 aromatic carbocycles. The maximum Gasteiger partial charge on any atom is 0.164 e. The van der Waals surface area contributed by atoms with E-state index in [0.717, 1.165) is 12.8 Å². The zero-order chi connectivity index (χ0) is 10.4. The molecule has 1 fully saturated rings. The van der Waals surface area contributed by atoms with Crippen molar-refractivity contribution in [2.24, 2.45) is 5.92 Å². The SMILES string of the molecule is CCOC(CC(=O)C1CCC1)OCC. The second-order valence-electron chi connectivity index (χ2n) is 3.64. The Bertz CT molecular complexity index is 169. The largest absolute Gasteiger partial charge is 0.352 e. The summed E-state index contributed by atoms with van der Waals surface area (Å²) in [7, 11) is 0. The summed E-state index contributed by atoms with van der Waals surface area (Å²) in [5, 5.41) is 0. The van der Waals surface area contributed by atoms with Crippen LogP contribution in [0.2, 0.25) is 0 Å². The Morgan fingerprint density at radius 2 is 1.86 bits per heavy atom. The Labute approximate surface area is 85.8 Å². The van der Waals surface area contributed by atoms with E-state index < -0.39 is 0 Å². The number of ketones is 1. The number of carbonyl (C=O) groups is 1. The van der Waals surface area contributed by atoms with E-state index in [-0.39, 0.29) is 6.29 Å². The van der Waals surface area contributed by atoms with Gasteiger partial charge in [0.1, 0.15) is 5.78 Å². The summed E-state index contributed by atoms with van der Waals surface area (Å²) < 4.78 is 10.7. The fourth-order valence-corrected chi connectivity index (χ4v) is 1.60. The highest BCUT2D eigenvalue weighted by molar-refractivity contribution is 5.81. The van der Waals surface area contributed by atoms with Gasteiger partial charge in [0.05, 0.1) is 6.42 Å². The summed E-state index contributed by atoms with van der Waals surface area (Å²) in [6.07, 6.45) is 3.42. The predicted molar refractivity (Wildman–Crippen MR) is 54.0 cm³/mol. The standard InChI is InChI=1S/C11H20O3/c1-3-13-11(14-4-2)8-10(12)9-6-5-7-9/h9,11H,3-8H2,1-2H3. The van der Waals surface area contributed by atoms with Gasteiger partial charge >= 0.3 is 0 Å². The van der Waals surface area contributed by atoms with Crippen LogP contribution in [0.4, 0.5) is 0 Å². The predicted octanol–water partition coefficient (Wildman–Crippen LogP) is 2.14. The molecule has 0 amide bonds. The van der Waals surface area contributed by atoms with Crippen molar-refractivity contribution in [1.82, 2.24) is 0 Å². The topological polar surface area (TPSA) is 35.5 Å². The van der Waals surface area contributed by atoms with Gasteiger partial charge in [0.2, 0.25) is 0 Å². The van der Waals surface area contributed by atoms with Crippen molar-refractivity contribution in [2.45, 2.75) is 45.8 Å². The number of hydrogen-bond acceptors (Lipinski definition) is 3. The zero-order valence-electron chi connectivity index (χ0n) is 9.12. The van der Waals surface area contributed by atoms with Crippen LogP contribution in [0.5, 0.6) is 0 Å². The van der Waals surface area contributed by atoms with E-state index in [2.05, 4.69) is 0 Å². The molecule has 14 heavy (non-hydrogen) atoms. The van der Waals surface area contributed by atoms with Crippen molar-refractivity contribution in [3.63, 3.8) is 0 Å². The summed E-state index contributed by atoms with van der Waals surface area (Å²) in [6.45, 7) is 5.03. The van der Waals surface area contributed by atoms with Gasteiger partial charge in [0.15, 0.2) is 6.29 Å². The first-order valence-electron chi connectivity index (χ1n) is 5.53. The molecule has 0 unspecified atom stereocenters. The summed E-state index contributed by atoms with van der Waals surface area (Å²) in [5.74, 6) is 0.599. The molecule has 1 aliphatic carbocycles. The first kappa shape index (κ1) is 11.7. The van der Waals surface area contributed by atoms with Crippen molar-refractivity contribution >= 4 is 5.78 Å². The molecule has 82 valence electrons. The van der Waals surface area contributed by atoms with Gasteiger partial charge in [-0.15, -0.1) is 0 Å². The monoisotopic (exact) mass is 200 g/mol. The van der Waals surface area contributed by atoms with Gasteiger partial charge in [-0.25, -0.2) is 0 Å². The first-order valence-corrected chi connectivity index (χ1v) is 5.53. The van der Waals surface area contributed by atoms with Crippen molar-refractivity contribution in [3.05, 3.63) is 0 Å². The van der Waals surface area contributed by atoms with Gasteiger partial charge in [-0.2, -0.15) is 0 Å². The van der Waals surface area contributed by atoms with Gasteiger partial charge in [-0.05, 0) is 26.7 Å². The van der Waals surface area contributed by atoms with E-state index in [9.17, 15) is 4.79 Å². The average Bonchev–Trinajstić information content (AvgIpc) is 2.01. The van der Waals surface area contributed by atoms with Gasteiger partial charge in [0, 0.05) is 19.1 Å². The normalized spacial score (nSPS) is 17.1. The van der Waals surface area contributed by atoms with E-state index in [1.54, 1.807) is 0 Å². The molecule has 0 heterocycles. The van der Waals surface area contributed by atoms with Crippen molar-refractivity contribution in [2.75, 3.05) is 13.2 Å². The molecule has 0 aromatic heterocycles. The molecule has 0 N–H and O–H groups in total. The lowest BCUT2D eigenvalue weighted by Gasteiger charge is -2.25. The molecule has 0 saturated heterocycles. The Balaban J connectivity index is 2.25. The number of carbonyl (C=O) groups excluding carboxylic acids is 1. The molecule has 1 rings (SSSR count). The molecular formula is C11H20O3. The van der Waals surface area contributed by atoms with E-state index in [4.69, 9.17) is 9.47 Å². The second kappa shape index (κ2) is 6.14. The summed E-state index contributed by atoms with van der Waals surface area (Å²) in [5.41, 5.74) is 0. The van der Waals surface area contributed by atoms with Crippen LogP contribution >= 0.6 is 0 Å². The molecule has 0 spiro atoms. The van der Waals surface area contributed by atoms with Crippen LogP contribution in [-0.4, -0.2) is 25.3 Å². The highest BCUT2D eigenvalue weighted by Gasteiger charge is 2.27. The summed E-state index contributed by atoms with van der Waals surface area (Å²) in [4.78, 5) is 11.6. The summed E-state index contributed by atoms with van der Waals surface area (Å²) in [6, 6.07) is 0. The lowest BCUT2D eigenvalue weighted by Crippen LogP contribution is -2.28. The molecule has 0 radical (unpaired) electrons. The number of ether oxygens (including phenoxy) is 2. The third kappa shape index (κ3) is 3.39. The average molecular weight is 200 g/mol. The van der Waals surface area contributed by atoms with E-state index in [0.29, 0.717) is 31.3 Å². The van der Waals surface area contributed by atoms with E-state index in [1.807, 2.05) is 13.8 Å². The third-order valence-electron chi connectivity index (χ3n) is 2.63. The molecule has 3 nitrogen and oxygen atoms in total. The molecule has 0 aliphatic heterocycles. The van der Waals surface area contributed by atoms with E-state index in [1.165, 1.54) is 6.42 Å². The Morgan fingerprint density at radius 3 is 2.21 bits per heavy atom. The van der Waals surface area contributed by atoms with Crippen molar-refractivity contribution < 1.29 is 14.3 Å². The minimum absolute atomic E-state index is 0.290. The molecule has 1 aliphatic rings. The summed E-state index contributed by atoms with van der Waals surface area (Å²) >= 11 is 0. The number of Topliss-reactive ketones (excluding diaryl/α,β-unsaturated/α-hetero) is 1. The number of rotatable bonds is 7. The quantitative estimate of drug-likeness (QED) is 0.591. The highest BCUT2D eigenvalue weighted by Crippen LogP contribution is 2.28. The maximum atomic E-state index is 11.6. The van der Waals surface area contributed by atoms with Gasteiger partial charge < -0.3 is 9.47 Å². The molecule has 0 bridgehead atoms. The van der Waals surface area contributed by atoms with Crippen LogP contribution in [0.1, 0.15) is 39.5 Å². The van der Waals surface area contributed by atoms with Crippen LogP contribution in [0, 0.1) is 5.92 Å². The van der Waals surface area contributed by atoms with Gasteiger partial charge in [0.25, 0.3) is 0 Å². The van der Waals surface area contributed by atoms with Crippen LogP contribution in [0.25, 0.3) is 0 Å². The minimum Gasteiger partial charge on any atom is -0.352 e. The molecular weight excluding hydrogens is 180 g/mol. The molecule has 0 aromatic rings. The Hall–Kier alpha value is -0.410. The van der Waals surface area contributed by atoms with Crippen LogP contribution in [0.15, 0.2) is 0 Å². The lowest BCUT2D eigenvalue weighted by molar-refractivity contribution is -0.155. The molecule has 1 saturated carbocycles. The van der Waals surface area contributed by atoms with Gasteiger partial charge in [-0.1, -0.05) is 6.42 Å². The highest BCUT2D eigenvalue weighted by atomic mass is 16.7. The molecule has 0 atom stereocenters. The number of hydrogen-bond donors (Lipinski definition) is 0. The minimum atomic E-state index is -0.321. The Morgan fingerprint density at radius 1 is 1.29 bits per heavy atom. The fourth-order valence-electron chi connectivity index (χ4n) is 1.60. The van der Waals surface area contributed by atoms with E-state index >= 15 is 0 Å². The van der Waals surface area contributed by atoms with Crippen LogP contribution in [0.3, 0.4) is 0 Å². The van der Waals surface area contributed by atoms with Crippen molar-refractivity contribution in [1.29, 1.82) is 0 Å².